The molecule has 0 radical (unpaired) electrons. The maximum Gasteiger partial charge on any atom is 0.258 e. The van der Waals surface area contributed by atoms with E-state index in [1.165, 1.54) is 19.2 Å². The number of aromatic nitrogens is 2. The first kappa shape index (κ1) is 31.5. The van der Waals surface area contributed by atoms with Crippen LogP contribution in [0.5, 0.6) is 17.2 Å². The lowest BCUT2D eigenvalue weighted by Crippen LogP contribution is -2.58. The maximum absolute atomic E-state index is 15.2. The van der Waals surface area contributed by atoms with Crippen LogP contribution in [-0.4, -0.2) is 71.5 Å². The number of fused-ring (bicyclic) bond motifs is 7. The van der Waals surface area contributed by atoms with Gasteiger partial charge in [0.15, 0.2) is 6.61 Å². The highest BCUT2D eigenvalue weighted by atomic mass is 19.1. The molecule has 7 rings (SSSR count). The molecular weight excluding hydrogens is 605 g/mol. The van der Waals surface area contributed by atoms with Crippen molar-refractivity contribution in [3.63, 3.8) is 0 Å². The van der Waals surface area contributed by atoms with Crippen LogP contribution < -0.4 is 24.8 Å². The summed E-state index contributed by atoms with van der Waals surface area (Å²) < 4.78 is 32.9. The van der Waals surface area contributed by atoms with Crippen molar-refractivity contribution in [1.82, 2.24) is 25.5 Å². The van der Waals surface area contributed by atoms with Crippen molar-refractivity contribution in [1.29, 1.82) is 0 Å². The Morgan fingerprint density at radius 3 is 2.77 bits per heavy atom. The number of likely N-dealkylation sites (tertiary alicyclic amines) is 1. The average Bonchev–Trinajstić information content (AvgIpc) is 3.10. The number of benzene rings is 3. The van der Waals surface area contributed by atoms with Crippen molar-refractivity contribution in [2.75, 3.05) is 26.8 Å². The van der Waals surface area contributed by atoms with Crippen molar-refractivity contribution >= 4 is 17.7 Å². The molecule has 6 bridgehead atoms. The smallest absolute Gasteiger partial charge is 0.258 e. The average molecular weight is 640 g/mol. The van der Waals surface area contributed by atoms with Crippen molar-refractivity contribution in [3.8, 4) is 28.4 Å². The summed E-state index contributed by atoms with van der Waals surface area (Å²) in [4.78, 5) is 49.5. The van der Waals surface area contributed by atoms with Crippen molar-refractivity contribution < 1.29 is 33.0 Å². The fraction of sp³-hybridized carbons (Fsp3) is 0.286. The molecule has 3 amide bonds. The van der Waals surface area contributed by atoms with Gasteiger partial charge in [0.05, 0.1) is 24.4 Å². The third-order valence-corrected chi connectivity index (χ3v) is 8.20. The van der Waals surface area contributed by atoms with Crippen molar-refractivity contribution in [3.05, 3.63) is 102 Å². The van der Waals surface area contributed by atoms with Gasteiger partial charge >= 0.3 is 0 Å². The lowest BCUT2D eigenvalue weighted by Gasteiger charge is -2.39. The highest BCUT2D eigenvalue weighted by Gasteiger charge is 2.35. The van der Waals surface area contributed by atoms with E-state index >= 15 is 4.39 Å². The second kappa shape index (κ2) is 14.3. The summed E-state index contributed by atoms with van der Waals surface area (Å²) in [5.41, 5.74) is 2.55. The number of nitrogens with one attached hydrogen (secondary N) is 2. The number of carbonyl (C=O) groups is 3. The minimum absolute atomic E-state index is 0.0989. The number of hydrogen-bond donors (Lipinski definition) is 2. The Morgan fingerprint density at radius 1 is 1.06 bits per heavy atom. The predicted octanol–water partition coefficient (Wildman–Crippen LogP) is 3.71. The monoisotopic (exact) mass is 639 g/mol. The third kappa shape index (κ3) is 7.66. The number of methoxy groups -OCH3 is 1. The number of piperidine rings is 1. The number of halogens is 1. The Hall–Kier alpha value is -5.52. The molecule has 0 spiro atoms. The van der Waals surface area contributed by atoms with Crippen LogP contribution >= 0.6 is 0 Å². The van der Waals surface area contributed by atoms with Gasteiger partial charge in [-0.15, -0.1) is 0 Å². The van der Waals surface area contributed by atoms with Gasteiger partial charge in [-0.1, -0.05) is 18.2 Å². The van der Waals surface area contributed by atoms with Gasteiger partial charge in [0.2, 0.25) is 5.91 Å². The van der Waals surface area contributed by atoms with Gasteiger partial charge in [-0.2, -0.15) is 0 Å². The van der Waals surface area contributed by atoms with Gasteiger partial charge in [0, 0.05) is 62.7 Å². The zero-order chi connectivity index (χ0) is 32.8. The van der Waals surface area contributed by atoms with E-state index in [9.17, 15) is 14.4 Å². The standard InChI is InChI=1S/C35H34FN5O6/c1-45-32-17-27-8-5-24(32)18-39-33(42)21-46-26-4-2-3-22(15-26)23-6-9-29(36)28(16-23)35(44)40-30-20-41(14-11-31(30)47-27)34(43)10-7-25-19-37-12-13-38-25/h2-6,8-9,12-13,15-17,19,30-31H,7,10-11,14,18,20-21H2,1H3,(H,39,42)(H,40,44)/t30-,31+/m1/s1. The summed E-state index contributed by atoms with van der Waals surface area (Å²) in [6.45, 7) is 0.558. The molecule has 3 aromatic carbocycles. The summed E-state index contributed by atoms with van der Waals surface area (Å²) in [5.74, 6) is -0.330. The van der Waals surface area contributed by atoms with E-state index in [1.807, 2.05) is 0 Å². The van der Waals surface area contributed by atoms with E-state index in [1.54, 1.807) is 72.0 Å². The molecule has 3 aliphatic heterocycles. The minimum Gasteiger partial charge on any atom is -0.496 e. The van der Waals surface area contributed by atoms with Gasteiger partial charge in [-0.05, 0) is 53.9 Å². The number of ether oxygens (including phenoxy) is 3. The molecule has 47 heavy (non-hydrogen) atoms. The lowest BCUT2D eigenvalue weighted by molar-refractivity contribution is -0.133. The minimum atomic E-state index is -0.692. The molecule has 12 heteroatoms. The molecular formula is C35H34FN5O6. The lowest BCUT2D eigenvalue weighted by atomic mass is 9.99. The van der Waals surface area contributed by atoms with Crippen LogP contribution in [0.4, 0.5) is 4.39 Å². The van der Waals surface area contributed by atoms with E-state index < -0.39 is 23.9 Å². The number of hydrogen-bond acceptors (Lipinski definition) is 8. The van der Waals surface area contributed by atoms with Crippen molar-refractivity contribution in [2.45, 2.75) is 38.0 Å². The molecule has 1 aromatic heterocycles. The zero-order valence-electron chi connectivity index (χ0n) is 25.8. The number of rotatable bonds is 4. The summed E-state index contributed by atoms with van der Waals surface area (Å²) in [7, 11) is 1.52. The van der Waals surface area contributed by atoms with Crippen LogP contribution in [0, 0.1) is 5.82 Å². The SMILES string of the molecule is COc1cc2ccc1CNC(=O)COc1cccc(c1)-c1ccc(F)c(c1)C(=O)N[C@@H]1CN(C(=O)CCc3cnccn3)CC[C@@H]1O2. The molecule has 2 atom stereocenters. The molecule has 4 aromatic rings. The van der Waals surface area contributed by atoms with E-state index in [2.05, 4.69) is 20.6 Å². The molecule has 11 nitrogen and oxygen atoms in total. The summed E-state index contributed by atoms with van der Waals surface area (Å²) in [5, 5.41) is 5.80. The molecule has 1 saturated heterocycles. The van der Waals surface area contributed by atoms with Gasteiger partial charge in [-0.25, -0.2) is 4.39 Å². The largest absolute Gasteiger partial charge is 0.496 e. The Balaban J connectivity index is 1.30. The molecule has 2 N–H and O–H groups in total. The highest BCUT2D eigenvalue weighted by Crippen LogP contribution is 2.29. The zero-order valence-corrected chi connectivity index (χ0v) is 25.8. The topological polar surface area (TPSA) is 132 Å². The second-order valence-electron chi connectivity index (χ2n) is 11.3. The Bertz CT molecular complexity index is 1770. The molecule has 1 fully saturated rings. The Morgan fingerprint density at radius 2 is 1.94 bits per heavy atom. The quantitative estimate of drug-likeness (QED) is 0.346. The van der Waals surface area contributed by atoms with Gasteiger partial charge < -0.3 is 29.7 Å². The summed E-state index contributed by atoms with van der Waals surface area (Å²) >= 11 is 0. The molecule has 0 unspecified atom stereocenters. The molecule has 242 valence electrons. The predicted molar refractivity (Wildman–Crippen MR) is 169 cm³/mol. The van der Waals surface area contributed by atoms with Gasteiger partial charge in [0.1, 0.15) is 29.2 Å². The maximum atomic E-state index is 15.2. The number of aryl methyl sites for hydroxylation is 1. The normalized spacial score (nSPS) is 18.1. The van der Waals surface area contributed by atoms with Gasteiger partial charge in [0.25, 0.3) is 11.8 Å². The van der Waals surface area contributed by atoms with Crippen LogP contribution in [0.2, 0.25) is 0 Å². The first-order valence-electron chi connectivity index (χ1n) is 15.3. The molecule has 4 heterocycles. The number of carbonyl (C=O) groups excluding carboxylic acids is 3. The number of nitrogens with zero attached hydrogens (tertiary/aromatic N) is 3. The van der Waals surface area contributed by atoms with Gasteiger partial charge in [-0.3, -0.25) is 24.4 Å². The Kier molecular flexibility index (Phi) is 9.56. The van der Waals surface area contributed by atoms with E-state index in [0.29, 0.717) is 53.5 Å². The second-order valence-corrected chi connectivity index (χ2v) is 11.3. The van der Waals surface area contributed by atoms with Crippen LogP contribution in [-0.2, 0) is 22.6 Å². The van der Waals surface area contributed by atoms with E-state index in [-0.39, 0.29) is 43.5 Å². The fourth-order valence-electron chi connectivity index (χ4n) is 5.69. The first-order chi connectivity index (χ1) is 22.9. The molecule has 0 aliphatic carbocycles. The van der Waals surface area contributed by atoms with Crippen LogP contribution in [0.15, 0.2) is 79.3 Å². The van der Waals surface area contributed by atoms with E-state index in [4.69, 9.17) is 14.2 Å². The first-order valence-corrected chi connectivity index (χ1v) is 15.3. The third-order valence-electron chi connectivity index (χ3n) is 8.20. The Labute approximate surface area is 271 Å². The van der Waals surface area contributed by atoms with E-state index in [0.717, 1.165) is 5.56 Å². The summed E-state index contributed by atoms with van der Waals surface area (Å²) in [6, 6.07) is 15.9. The van der Waals surface area contributed by atoms with Crippen LogP contribution in [0.1, 0.15) is 34.5 Å². The van der Waals surface area contributed by atoms with Crippen LogP contribution in [0.25, 0.3) is 11.1 Å². The fourth-order valence-corrected chi connectivity index (χ4v) is 5.69. The number of amides is 3. The van der Waals surface area contributed by atoms with Crippen molar-refractivity contribution in [2.24, 2.45) is 0 Å². The highest BCUT2D eigenvalue weighted by molar-refractivity contribution is 5.96. The molecule has 3 aliphatic rings. The van der Waals surface area contributed by atoms with Crippen LogP contribution in [0.3, 0.4) is 0 Å². The molecule has 0 saturated carbocycles. The summed E-state index contributed by atoms with van der Waals surface area (Å²) in [6.07, 6.45) is 5.31.